The SMILES string of the molecule is CCC/C=C/C=C=C(C)C. The van der Waals surface area contributed by atoms with Crippen LogP contribution < -0.4 is 0 Å². The molecule has 0 saturated carbocycles. The molecule has 0 aromatic rings. The van der Waals surface area contributed by atoms with E-state index in [1.807, 2.05) is 19.9 Å². The first-order valence-corrected chi connectivity index (χ1v) is 3.82. The van der Waals surface area contributed by atoms with Gasteiger partial charge in [0.2, 0.25) is 0 Å². The summed E-state index contributed by atoms with van der Waals surface area (Å²) in [6.07, 6.45) is 8.57. The number of rotatable bonds is 3. The first-order chi connectivity index (χ1) is 4.77. The van der Waals surface area contributed by atoms with Crippen molar-refractivity contribution < 1.29 is 0 Å². The van der Waals surface area contributed by atoms with Gasteiger partial charge in [0, 0.05) is 0 Å². The summed E-state index contributed by atoms with van der Waals surface area (Å²) in [5.41, 5.74) is 4.33. The zero-order valence-corrected chi connectivity index (χ0v) is 7.15. The third kappa shape index (κ3) is 7.26. The van der Waals surface area contributed by atoms with Crippen LogP contribution in [0.25, 0.3) is 0 Å². The summed E-state index contributed by atoms with van der Waals surface area (Å²) in [6, 6.07) is 0. The van der Waals surface area contributed by atoms with Gasteiger partial charge in [-0.1, -0.05) is 25.5 Å². The molecule has 0 spiro atoms. The molecule has 0 aromatic heterocycles. The van der Waals surface area contributed by atoms with Crippen LogP contribution >= 0.6 is 0 Å². The van der Waals surface area contributed by atoms with Crippen molar-refractivity contribution in [2.24, 2.45) is 0 Å². The van der Waals surface area contributed by atoms with Crippen molar-refractivity contribution >= 4 is 0 Å². The van der Waals surface area contributed by atoms with Crippen LogP contribution in [0.4, 0.5) is 0 Å². The van der Waals surface area contributed by atoms with Gasteiger partial charge in [-0.25, -0.2) is 0 Å². The van der Waals surface area contributed by atoms with E-state index in [4.69, 9.17) is 0 Å². The van der Waals surface area contributed by atoms with Gasteiger partial charge in [-0.05, 0) is 31.9 Å². The summed E-state index contributed by atoms with van der Waals surface area (Å²) in [6.45, 7) is 6.27. The minimum atomic E-state index is 1.17. The molecular weight excluding hydrogens is 120 g/mol. The summed E-state index contributed by atoms with van der Waals surface area (Å²) < 4.78 is 0. The van der Waals surface area contributed by atoms with E-state index in [9.17, 15) is 0 Å². The van der Waals surface area contributed by atoms with Crippen LogP contribution in [0.5, 0.6) is 0 Å². The molecule has 0 aliphatic heterocycles. The fourth-order valence-electron chi connectivity index (χ4n) is 0.546. The third-order valence-corrected chi connectivity index (χ3v) is 1.06. The van der Waals surface area contributed by atoms with Crippen molar-refractivity contribution in [1.82, 2.24) is 0 Å². The van der Waals surface area contributed by atoms with Gasteiger partial charge in [-0.2, -0.15) is 0 Å². The summed E-state index contributed by atoms with van der Waals surface area (Å²) in [4.78, 5) is 0. The molecule has 0 heteroatoms. The first-order valence-electron chi connectivity index (χ1n) is 3.82. The van der Waals surface area contributed by atoms with E-state index in [1.165, 1.54) is 18.4 Å². The van der Waals surface area contributed by atoms with Crippen molar-refractivity contribution in [1.29, 1.82) is 0 Å². The summed E-state index contributed by atoms with van der Waals surface area (Å²) in [5.74, 6) is 0. The largest absolute Gasteiger partial charge is 0.122 e. The molecule has 0 nitrogen and oxygen atoms in total. The van der Waals surface area contributed by atoms with Crippen molar-refractivity contribution in [3.05, 3.63) is 29.5 Å². The van der Waals surface area contributed by atoms with E-state index in [2.05, 4.69) is 24.8 Å². The Balaban J connectivity index is 3.62. The Morgan fingerprint density at radius 1 is 1.40 bits per heavy atom. The molecule has 0 saturated heterocycles. The van der Waals surface area contributed by atoms with Crippen LogP contribution in [0.3, 0.4) is 0 Å². The molecule has 0 heterocycles. The van der Waals surface area contributed by atoms with Crippen molar-refractivity contribution in [3.63, 3.8) is 0 Å². The van der Waals surface area contributed by atoms with Crippen LogP contribution in [0.15, 0.2) is 29.5 Å². The first kappa shape index (κ1) is 9.26. The summed E-state index contributed by atoms with van der Waals surface area (Å²) in [5, 5.41) is 0. The monoisotopic (exact) mass is 136 g/mol. The van der Waals surface area contributed by atoms with E-state index in [1.54, 1.807) is 0 Å². The molecule has 0 rings (SSSR count). The highest BCUT2D eigenvalue weighted by Crippen LogP contribution is 1.89. The lowest BCUT2D eigenvalue weighted by Gasteiger charge is -1.79. The zero-order chi connectivity index (χ0) is 7.82. The topological polar surface area (TPSA) is 0 Å². The van der Waals surface area contributed by atoms with Crippen LogP contribution in [0.1, 0.15) is 33.6 Å². The molecular formula is C10H16. The van der Waals surface area contributed by atoms with Gasteiger partial charge in [-0.15, -0.1) is 5.73 Å². The van der Waals surface area contributed by atoms with Gasteiger partial charge in [-0.3, -0.25) is 0 Å². The molecule has 0 aromatic carbocycles. The second-order valence-electron chi connectivity index (χ2n) is 2.53. The van der Waals surface area contributed by atoms with Gasteiger partial charge in [0.05, 0.1) is 0 Å². The normalized spacial score (nSPS) is 9.50. The third-order valence-electron chi connectivity index (χ3n) is 1.06. The minimum absolute atomic E-state index is 1.17. The van der Waals surface area contributed by atoms with Crippen LogP contribution in [0, 0.1) is 0 Å². The molecule has 0 aliphatic rings. The Labute approximate surface area is 64.0 Å². The lowest BCUT2D eigenvalue weighted by molar-refractivity contribution is 0.959. The van der Waals surface area contributed by atoms with Gasteiger partial charge in [0.1, 0.15) is 0 Å². The number of allylic oxidation sites excluding steroid dienone is 3. The Kier molecular flexibility index (Phi) is 5.91. The molecule has 10 heavy (non-hydrogen) atoms. The van der Waals surface area contributed by atoms with Crippen molar-refractivity contribution in [2.45, 2.75) is 33.6 Å². The van der Waals surface area contributed by atoms with E-state index in [0.29, 0.717) is 0 Å². The standard InChI is InChI=1S/C10H16/c1-4-5-6-7-8-9-10(2)3/h6-8H,4-5H2,1-3H3/b7-6+. The Bertz CT molecular complexity index is 151. The summed E-state index contributed by atoms with van der Waals surface area (Å²) in [7, 11) is 0. The average molecular weight is 136 g/mol. The minimum Gasteiger partial charge on any atom is -0.122 e. The number of hydrogen-bond donors (Lipinski definition) is 0. The highest BCUT2D eigenvalue weighted by molar-refractivity contribution is 5.05. The number of hydrogen-bond acceptors (Lipinski definition) is 0. The molecule has 0 radical (unpaired) electrons. The Morgan fingerprint density at radius 3 is 2.60 bits per heavy atom. The maximum atomic E-state index is 3.11. The van der Waals surface area contributed by atoms with Gasteiger partial charge >= 0.3 is 0 Å². The molecule has 0 aliphatic carbocycles. The van der Waals surface area contributed by atoms with Crippen molar-refractivity contribution in [2.75, 3.05) is 0 Å². The highest BCUT2D eigenvalue weighted by Gasteiger charge is 1.68. The summed E-state index contributed by atoms with van der Waals surface area (Å²) >= 11 is 0. The predicted molar refractivity (Wildman–Crippen MR) is 47.0 cm³/mol. The average Bonchev–Trinajstić information content (AvgIpc) is 1.87. The maximum absolute atomic E-state index is 3.11. The van der Waals surface area contributed by atoms with Crippen LogP contribution in [-0.2, 0) is 0 Å². The molecule has 0 atom stereocenters. The van der Waals surface area contributed by atoms with Gasteiger partial charge in [0.25, 0.3) is 0 Å². The lowest BCUT2D eigenvalue weighted by Crippen LogP contribution is -1.58. The molecule has 0 N–H and O–H groups in total. The number of unbranched alkanes of at least 4 members (excludes halogenated alkanes) is 1. The van der Waals surface area contributed by atoms with Crippen molar-refractivity contribution in [3.8, 4) is 0 Å². The van der Waals surface area contributed by atoms with Crippen LogP contribution in [-0.4, -0.2) is 0 Å². The van der Waals surface area contributed by atoms with E-state index in [-0.39, 0.29) is 0 Å². The smallest absolute Gasteiger partial charge is 0.0204 e. The second kappa shape index (κ2) is 6.38. The van der Waals surface area contributed by atoms with Gasteiger partial charge < -0.3 is 0 Å². The van der Waals surface area contributed by atoms with Gasteiger partial charge in [0.15, 0.2) is 0 Å². The van der Waals surface area contributed by atoms with E-state index in [0.717, 1.165) is 0 Å². The molecule has 56 valence electrons. The molecule has 0 unspecified atom stereocenters. The Morgan fingerprint density at radius 2 is 2.10 bits per heavy atom. The fourth-order valence-corrected chi connectivity index (χ4v) is 0.546. The lowest BCUT2D eigenvalue weighted by atomic mass is 10.3. The van der Waals surface area contributed by atoms with E-state index >= 15 is 0 Å². The van der Waals surface area contributed by atoms with Crippen LogP contribution in [0.2, 0.25) is 0 Å². The maximum Gasteiger partial charge on any atom is -0.0204 e. The van der Waals surface area contributed by atoms with E-state index < -0.39 is 0 Å². The fraction of sp³-hybridized carbons (Fsp3) is 0.500. The predicted octanol–water partition coefficient (Wildman–Crippen LogP) is 3.46. The second-order valence-corrected chi connectivity index (χ2v) is 2.53. The molecule has 0 fully saturated rings. The molecule has 0 amide bonds. The molecule has 0 bridgehead atoms. The zero-order valence-electron chi connectivity index (χ0n) is 7.15. The quantitative estimate of drug-likeness (QED) is 0.411. The highest BCUT2D eigenvalue weighted by atomic mass is 13.7. The Hall–Kier alpha value is -0.740.